The van der Waals surface area contributed by atoms with Crippen LogP contribution in [-0.2, 0) is 4.74 Å². The van der Waals surface area contributed by atoms with Crippen LogP contribution in [0.1, 0.15) is 28.9 Å². The maximum absolute atomic E-state index is 13.4. The summed E-state index contributed by atoms with van der Waals surface area (Å²) in [5, 5.41) is 5.03. The number of methoxy groups -OCH3 is 1. The summed E-state index contributed by atoms with van der Waals surface area (Å²) in [7, 11) is 1.35. The molecule has 32 heavy (non-hydrogen) atoms. The Balaban J connectivity index is 1.66. The molecule has 0 saturated carbocycles. The van der Waals surface area contributed by atoms with Gasteiger partial charge in [0.05, 0.1) is 23.1 Å². The van der Waals surface area contributed by atoms with E-state index in [0.29, 0.717) is 22.6 Å². The molecule has 4 rings (SSSR count). The zero-order valence-electron chi connectivity index (χ0n) is 17.3. The fraction of sp³-hybridized carbons (Fsp3) is 0.125. The van der Waals surface area contributed by atoms with Gasteiger partial charge in [-0.15, -0.1) is 0 Å². The number of pyridine rings is 2. The Morgan fingerprint density at radius 1 is 1.06 bits per heavy atom. The van der Waals surface area contributed by atoms with E-state index in [1.165, 1.54) is 25.3 Å². The first-order valence-electron chi connectivity index (χ1n) is 9.77. The molecular weight excluding hydrogens is 433 g/mol. The molecule has 0 bridgehead atoms. The van der Waals surface area contributed by atoms with Crippen molar-refractivity contribution in [3.05, 3.63) is 89.0 Å². The van der Waals surface area contributed by atoms with Crippen molar-refractivity contribution in [3.63, 3.8) is 0 Å². The number of benzene rings is 2. The predicted octanol–water partition coefficient (Wildman–Crippen LogP) is 6.17. The molecule has 1 N–H and O–H groups in total. The summed E-state index contributed by atoms with van der Waals surface area (Å²) < 4.78 is 24.1. The number of nitrogens with zero attached hydrogens (tertiary/aromatic N) is 2. The molecule has 2 heterocycles. The molecule has 0 saturated heterocycles. The molecule has 2 aromatic carbocycles. The van der Waals surface area contributed by atoms with E-state index in [2.05, 4.69) is 15.3 Å². The summed E-state index contributed by atoms with van der Waals surface area (Å²) in [5.74, 6) is 0.298. The first-order valence-corrected chi connectivity index (χ1v) is 10.2. The van der Waals surface area contributed by atoms with E-state index < -0.39 is 5.82 Å². The van der Waals surface area contributed by atoms with E-state index in [1.807, 2.05) is 31.2 Å². The maximum atomic E-state index is 13.4. The Kier molecular flexibility index (Phi) is 6.18. The monoisotopic (exact) mass is 451 g/mol. The molecule has 0 radical (unpaired) electrons. The summed E-state index contributed by atoms with van der Waals surface area (Å²) in [6, 6.07) is 14.6. The molecule has 0 amide bonds. The van der Waals surface area contributed by atoms with Gasteiger partial charge in [0.1, 0.15) is 17.4 Å². The second-order valence-electron chi connectivity index (χ2n) is 7.03. The van der Waals surface area contributed by atoms with Gasteiger partial charge in [-0.3, -0.25) is 0 Å². The number of nitrogens with one attached hydrogen (secondary N) is 1. The maximum Gasteiger partial charge on any atom is 0.337 e. The highest BCUT2D eigenvalue weighted by Crippen LogP contribution is 2.36. The van der Waals surface area contributed by atoms with Gasteiger partial charge in [0.2, 0.25) is 5.88 Å². The smallest absolute Gasteiger partial charge is 0.337 e. The minimum atomic E-state index is -0.454. The largest absolute Gasteiger partial charge is 0.465 e. The van der Waals surface area contributed by atoms with Crippen LogP contribution >= 0.6 is 11.6 Å². The topological polar surface area (TPSA) is 73.3 Å². The highest BCUT2D eigenvalue weighted by molar-refractivity contribution is 6.32. The number of anilines is 1. The molecule has 0 aliphatic carbocycles. The average molecular weight is 452 g/mol. The standard InChI is InChI=1S/C24H19ClFN3O3/c1-14(15-3-5-17(6-4-15)24(30)31-2)29-22-21-16(9-11-27-22)10-12-28-23(21)32-20-8-7-18(26)13-19(20)25/h3-14H,1-2H3,(H,27,29)/t14-/m0/s1. The number of ether oxygens (including phenoxy) is 2. The molecule has 0 fully saturated rings. The lowest BCUT2D eigenvalue weighted by atomic mass is 10.1. The van der Waals surface area contributed by atoms with Crippen molar-refractivity contribution in [3.8, 4) is 11.6 Å². The number of halogens is 2. The average Bonchev–Trinajstić information content (AvgIpc) is 2.80. The van der Waals surface area contributed by atoms with Crippen molar-refractivity contribution in [2.24, 2.45) is 0 Å². The molecule has 2 aromatic heterocycles. The Labute approximate surface area is 189 Å². The van der Waals surface area contributed by atoms with Crippen molar-refractivity contribution in [1.29, 1.82) is 0 Å². The van der Waals surface area contributed by atoms with Gasteiger partial charge in [-0.05, 0) is 60.3 Å². The van der Waals surface area contributed by atoms with Crippen LogP contribution in [0.15, 0.2) is 67.0 Å². The van der Waals surface area contributed by atoms with E-state index in [-0.39, 0.29) is 22.8 Å². The molecule has 0 unspecified atom stereocenters. The van der Waals surface area contributed by atoms with Crippen molar-refractivity contribution >= 4 is 34.2 Å². The van der Waals surface area contributed by atoms with Gasteiger partial charge in [-0.2, -0.15) is 0 Å². The van der Waals surface area contributed by atoms with Crippen LogP contribution < -0.4 is 10.1 Å². The number of fused-ring (bicyclic) bond motifs is 1. The second kappa shape index (κ2) is 9.20. The zero-order valence-corrected chi connectivity index (χ0v) is 18.1. The van der Waals surface area contributed by atoms with Gasteiger partial charge in [0.25, 0.3) is 0 Å². The van der Waals surface area contributed by atoms with Crippen LogP contribution in [0.4, 0.5) is 10.2 Å². The van der Waals surface area contributed by atoms with Crippen LogP contribution in [0.5, 0.6) is 11.6 Å². The SMILES string of the molecule is COC(=O)c1ccc([C@H](C)Nc2nccc3ccnc(Oc4ccc(F)cc4Cl)c23)cc1. The summed E-state index contributed by atoms with van der Waals surface area (Å²) in [6.45, 7) is 1.97. The highest BCUT2D eigenvalue weighted by atomic mass is 35.5. The number of carbonyl (C=O) groups is 1. The predicted molar refractivity (Wildman–Crippen MR) is 121 cm³/mol. The van der Waals surface area contributed by atoms with Crippen LogP contribution in [0.3, 0.4) is 0 Å². The molecule has 1 atom stereocenters. The van der Waals surface area contributed by atoms with Gasteiger partial charge in [-0.25, -0.2) is 19.2 Å². The number of esters is 1. The van der Waals surface area contributed by atoms with Gasteiger partial charge < -0.3 is 14.8 Å². The summed E-state index contributed by atoms with van der Waals surface area (Å²) in [5.41, 5.74) is 1.42. The minimum absolute atomic E-state index is 0.137. The zero-order chi connectivity index (χ0) is 22.7. The molecule has 8 heteroatoms. The van der Waals surface area contributed by atoms with Crippen LogP contribution in [0, 0.1) is 5.82 Å². The minimum Gasteiger partial charge on any atom is -0.465 e. The summed E-state index contributed by atoms with van der Waals surface area (Å²) in [4.78, 5) is 20.5. The van der Waals surface area contributed by atoms with Crippen molar-refractivity contribution in [2.45, 2.75) is 13.0 Å². The summed E-state index contributed by atoms with van der Waals surface area (Å²) >= 11 is 6.12. The van der Waals surface area contributed by atoms with Crippen LogP contribution in [-0.4, -0.2) is 23.0 Å². The first-order chi connectivity index (χ1) is 15.5. The Hall–Kier alpha value is -3.71. The number of hydrogen-bond donors (Lipinski definition) is 1. The van der Waals surface area contributed by atoms with E-state index in [4.69, 9.17) is 21.1 Å². The Bertz CT molecular complexity index is 1280. The van der Waals surface area contributed by atoms with Gasteiger partial charge in [-0.1, -0.05) is 23.7 Å². The normalized spacial score (nSPS) is 11.8. The Morgan fingerprint density at radius 2 is 1.78 bits per heavy atom. The molecule has 6 nitrogen and oxygen atoms in total. The lowest BCUT2D eigenvalue weighted by molar-refractivity contribution is 0.0600. The lowest BCUT2D eigenvalue weighted by Gasteiger charge is -2.18. The quantitative estimate of drug-likeness (QED) is 0.353. The molecule has 162 valence electrons. The number of rotatable bonds is 6. The van der Waals surface area contributed by atoms with Crippen molar-refractivity contribution in [2.75, 3.05) is 12.4 Å². The number of hydrogen-bond acceptors (Lipinski definition) is 6. The molecular formula is C24H19ClFN3O3. The fourth-order valence-corrected chi connectivity index (χ4v) is 3.46. The molecule has 0 aliphatic rings. The lowest BCUT2D eigenvalue weighted by Crippen LogP contribution is -2.09. The number of aromatic nitrogens is 2. The third-order valence-electron chi connectivity index (χ3n) is 4.93. The summed E-state index contributed by atoms with van der Waals surface area (Å²) in [6.07, 6.45) is 3.31. The van der Waals surface area contributed by atoms with Crippen LogP contribution in [0.2, 0.25) is 5.02 Å². The third-order valence-corrected chi connectivity index (χ3v) is 5.22. The van der Waals surface area contributed by atoms with Crippen molar-refractivity contribution < 1.29 is 18.7 Å². The van der Waals surface area contributed by atoms with Gasteiger partial charge in [0, 0.05) is 18.4 Å². The van der Waals surface area contributed by atoms with E-state index in [1.54, 1.807) is 24.5 Å². The highest BCUT2D eigenvalue weighted by Gasteiger charge is 2.16. The molecule has 0 aliphatic heterocycles. The Morgan fingerprint density at radius 3 is 2.47 bits per heavy atom. The van der Waals surface area contributed by atoms with Gasteiger partial charge in [0.15, 0.2) is 0 Å². The molecule has 0 spiro atoms. The van der Waals surface area contributed by atoms with E-state index in [9.17, 15) is 9.18 Å². The second-order valence-corrected chi connectivity index (χ2v) is 7.44. The third kappa shape index (κ3) is 4.48. The number of carbonyl (C=O) groups excluding carboxylic acids is 1. The van der Waals surface area contributed by atoms with Gasteiger partial charge >= 0.3 is 5.97 Å². The van der Waals surface area contributed by atoms with Crippen molar-refractivity contribution in [1.82, 2.24) is 9.97 Å². The fourth-order valence-electron chi connectivity index (χ4n) is 3.25. The van der Waals surface area contributed by atoms with E-state index >= 15 is 0 Å². The van der Waals surface area contributed by atoms with E-state index in [0.717, 1.165) is 10.9 Å². The molecule has 4 aromatic rings. The van der Waals surface area contributed by atoms with Crippen LogP contribution in [0.25, 0.3) is 10.8 Å². The first kappa shape index (κ1) is 21.5.